The van der Waals surface area contributed by atoms with Crippen molar-refractivity contribution in [3.63, 3.8) is 0 Å². The van der Waals surface area contributed by atoms with Crippen LogP contribution in [0.2, 0.25) is 0 Å². The Morgan fingerprint density at radius 3 is 2.56 bits per heavy atom. The van der Waals surface area contributed by atoms with Gasteiger partial charge in [-0.2, -0.15) is 18.3 Å². The van der Waals surface area contributed by atoms with E-state index in [4.69, 9.17) is 10.8 Å². The van der Waals surface area contributed by atoms with E-state index in [-0.39, 0.29) is 40.6 Å². The number of aliphatic hydroxyl groups is 1. The second-order valence-electron chi connectivity index (χ2n) is 9.73. The summed E-state index contributed by atoms with van der Waals surface area (Å²) in [5.74, 6) is -1.16. The molecule has 41 heavy (non-hydrogen) atoms. The Bertz CT molecular complexity index is 1300. The maximum absolute atomic E-state index is 13.4. The van der Waals surface area contributed by atoms with Gasteiger partial charge < -0.3 is 21.1 Å². The first-order valence-corrected chi connectivity index (χ1v) is 12.7. The molecule has 4 N–H and O–H groups in total. The monoisotopic (exact) mass is 584 g/mol. The number of amides is 2. The molecular formula is C25H29F5N8O3. The van der Waals surface area contributed by atoms with Crippen LogP contribution in [0, 0.1) is 0 Å². The number of nitrogens with two attached hydrogens (primary N) is 1. The number of hydrogen-bond acceptors (Lipinski definition) is 8. The number of aromatic nitrogens is 3. The van der Waals surface area contributed by atoms with Gasteiger partial charge in [0.2, 0.25) is 5.91 Å². The quantitative estimate of drug-likeness (QED) is 0.299. The van der Waals surface area contributed by atoms with Gasteiger partial charge in [-0.15, -0.1) is 0 Å². The van der Waals surface area contributed by atoms with Crippen LogP contribution in [0.3, 0.4) is 0 Å². The molecule has 0 atom stereocenters. The molecule has 2 aromatic heterocycles. The van der Waals surface area contributed by atoms with E-state index in [2.05, 4.69) is 25.3 Å². The Hall–Kier alpha value is -3.92. The van der Waals surface area contributed by atoms with Crippen molar-refractivity contribution >= 4 is 18.0 Å². The summed E-state index contributed by atoms with van der Waals surface area (Å²) in [5.41, 5.74) is 4.48. The number of alkyl halides is 5. The highest BCUT2D eigenvalue weighted by molar-refractivity contribution is 5.98. The van der Waals surface area contributed by atoms with Crippen molar-refractivity contribution in [3.05, 3.63) is 47.7 Å². The summed E-state index contributed by atoms with van der Waals surface area (Å²) in [6, 6.07) is 4.26. The molecule has 2 saturated heterocycles. The first kappa shape index (κ1) is 30.0. The van der Waals surface area contributed by atoms with Gasteiger partial charge in [0.25, 0.3) is 12.3 Å². The number of hydrogen-bond donors (Lipinski definition) is 3. The lowest BCUT2D eigenvalue weighted by Crippen LogP contribution is -2.57. The highest BCUT2D eigenvalue weighted by atomic mass is 19.4. The second-order valence-corrected chi connectivity index (χ2v) is 9.73. The highest BCUT2D eigenvalue weighted by Crippen LogP contribution is 2.24. The molecule has 4 rings (SSSR count). The largest absolute Gasteiger partial charge is 0.408 e. The lowest BCUT2D eigenvalue weighted by atomic mass is 9.97. The molecule has 2 aliphatic heterocycles. The number of carbonyl (C=O) groups excluding carboxylic acids is 2. The van der Waals surface area contributed by atoms with Crippen LogP contribution in [0.25, 0.3) is 11.3 Å². The summed E-state index contributed by atoms with van der Waals surface area (Å²) in [7, 11) is 0. The van der Waals surface area contributed by atoms with Gasteiger partial charge in [-0.05, 0) is 25.0 Å². The molecule has 4 heterocycles. The van der Waals surface area contributed by atoms with Gasteiger partial charge in [0.15, 0.2) is 0 Å². The lowest BCUT2D eigenvalue weighted by molar-refractivity contribution is -0.142. The third-order valence-electron chi connectivity index (χ3n) is 6.82. The Labute approximate surface area is 231 Å². The number of rotatable bonds is 9. The maximum atomic E-state index is 13.4. The zero-order valence-electron chi connectivity index (χ0n) is 21.8. The van der Waals surface area contributed by atoms with Gasteiger partial charge in [0.05, 0.1) is 23.6 Å². The molecular weight excluding hydrogens is 555 g/mol. The zero-order valence-corrected chi connectivity index (χ0v) is 21.8. The van der Waals surface area contributed by atoms with E-state index in [1.54, 1.807) is 4.90 Å². The number of halogens is 5. The summed E-state index contributed by atoms with van der Waals surface area (Å²) < 4.78 is 65.4. The molecule has 0 spiro atoms. The van der Waals surface area contributed by atoms with E-state index in [0.29, 0.717) is 30.9 Å². The van der Waals surface area contributed by atoms with Crippen LogP contribution in [0.4, 0.5) is 22.0 Å². The molecule has 16 heteroatoms. The van der Waals surface area contributed by atoms with Crippen LogP contribution < -0.4 is 11.1 Å². The van der Waals surface area contributed by atoms with Crippen LogP contribution in [0.5, 0.6) is 0 Å². The van der Waals surface area contributed by atoms with E-state index >= 15 is 0 Å². The summed E-state index contributed by atoms with van der Waals surface area (Å²) in [5, 5.41) is 15.0. The van der Waals surface area contributed by atoms with E-state index in [1.807, 2.05) is 0 Å². The highest BCUT2D eigenvalue weighted by Gasteiger charge is 2.34. The minimum absolute atomic E-state index is 0.160. The predicted octanol–water partition coefficient (Wildman–Crippen LogP) is 1.41. The van der Waals surface area contributed by atoms with Crippen LogP contribution in [0.1, 0.15) is 23.3 Å². The molecule has 0 saturated carbocycles. The van der Waals surface area contributed by atoms with Crippen molar-refractivity contribution in [1.29, 1.82) is 0 Å². The van der Waals surface area contributed by atoms with Gasteiger partial charge in [-0.25, -0.2) is 13.8 Å². The number of aliphatic imine (C=N–C) groups is 1. The number of allylic oxidation sites excluding steroid dienone is 2. The Morgan fingerprint density at radius 1 is 1.22 bits per heavy atom. The SMILES string of the molecule is NC(=C(C=NC1CN(C2CCN(C(=O)CO)CC2)C1)NC(=O)c1cccc(-c2cnn(CC(F)(F)F)c2)n1)C(F)F. The molecule has 2 aliphatic rings. The summed E-state index contributed by atoms with van der Waals surface area (Å²) in [6.07, 6.45) is -2.65. The molecule has 0 unspecified atom stereocenters. The maximum Gasteiger partial charge on any atom is 0.408 e. The molecule has 0 aromatic carbocycles. The number of nitrogens with zero attached hydrogens (tertiary/aromatic N) is 6. The minimum Gasteiger partial charge on any atom is -0.396 e. The van der Waals surface area contributed by atoms with E-state index in [1.165, 1.54) is 24.4 Å². The molecule has 0 aliphatic carbocycles. The third kappa shape index (κ3) is 7.85. The normalized spacial score (nSPS) is 18.1. The second kappa shape index (κ2) is 12.7. The lowest BCUT2D eigenvalue weighted by Gasteiger charge is -2.45. The van der Waals surface area contributed by atoms with Crippen LogP contribution in [-0.4, -0.2) is 105 Å². The number of carbonyl (C=O) groups is 2. The summed E-state index contributed by atoms with van der Waals surface area (Å²) in [4.78, 5) is 36.7. The Kier molecular flexibility index (Phi) is 9.32. The van der Waals surface area contributed by atoms with Crippen molar-refractivity contribution in [3.8, 4) is 11.3 Å². The van der Waals surface area contributed by atoms with Gasteiger partial charge in [-0.1, -0.05) is 6.07 Å². The molecule has 222 valence electrons. The van der Waals surface area contributed by atoms with Crippen molar-refractivity contribution < 1.29 is 36.6 Å². The van der Waals surface area contributed by atoms with E-state index < -0.39 is 37.4 Å². The van der Waals surface area contributed by atoms with Crippen LogP contribution in [0.15, 0.2) is 47.0 Å². The number of likely N-dealkylation sites (tertiary alicyclic amines) is 2. The molecule has 2 fully saturated rings. The number of nitrogens with one attached hydrogen (secondary N) is 1. The molecule has 2 amide bonds. The molecule has 0 bridgehead atoms. The van der Waals surface area contributed by atoms with Crippen LogP contribution in [-0.2, 0) is 11.3 Å². The van der Waals surface area contributed by atoms with Crippen LogP contribution >= 0.6 is 0 Å². The number of aliphatic hydroxyl groups excluding tert-OH is 1. The topological polar surface area (TPSA) is 142 Å². The Balaban J connectivity index is 1.37. The standard InChI is InChI=1S/C25H29F5N8O3/c26-23(27)22(31)20(9-32-16-11-37(12-16)17-4-6-36(7-5-17)21(40)13-39)35-24(41)19-3-1-2-18(34-19)15-8-33-38(10-15)14-25(28,29)30/h1-3,8-10,16-17,23,39H,4-7,11-14,31H2,(H,35,41). The number of piperidine rings is 1. The molecule has 2 aromatic rings. The number of pyridine rings is 1. The average Bonchev–Trinajstić information content (AvgIpc) is 3.37. The van der Waals surface area contributed by atoms with Crippen molar-refractivity contribution in [2.24, 2.45) is 10.7 Å². The summed E-state index contributed by atoms with van der Waals surface area (Å²) in [6.45, 7) is 0.412. The fraction of sp³-hybridized carbons (Fsp3) is 0.480. The first-order chi connectivity index (χ1) is 19.4. The van der Waals surface area contributed by atoms with Crippen molar-refractivity contribution in [2.45, 2.75) is 44.1 Å². The van der Waals surface area contributed by atoms with Crippen molar-refractivity contribution in [1.82, 2.24) is 29.9 Å². The molecule has 11 nitrogen and oxygen atoms in total. The first-order valence-electron chi connectivity index (χ1n) is 12.7. The fourth-order valence-electron chi connectivity index (χ4n) is 4.61. The predicted molar refractivity (Wildman–Crippen MR) is 137 cm³/mol. The van der Waals surface area contributed by atoms with Gasteiger partial charge in [-0.3, -0.25) is 24.2 Å². The average molecular weight is 585 g/mol. The van der Waals surface area contributed by atoms with Gasteiger partial charge in [0.1, 0.15) is 24.5 Å². The van der Waals surface area contributed by atoms with Gasteiger partial charge in [0, 0.05) is 50.2 Å². The zero-order chi connectivity index (χ0) is 29.7. The minimum atomic E-state index is -4.47. The van der Waals surface area contributed by atoms with E-state index in [0.717, 1.165) is 25.3 Å². The smallest absolute Gasteiger partial charge is 0.396 e. The van der Waals surface area contributed by atoms with Crippen molar-refractivity contribution in [2.75, 3.05) is 32.8 Å². The van der Waals surface area contributed by atoms with E-state index in [9.17, 15) is 31.5 Å². The third-order valence-corrected chi connectivity index (χ3v) is 6.82. The van der Waals surface area contributed by atoms with Gasteiger partial charge >= 0.3 is 6.18 Å². The fourth-order valence-corrected chi connectivity index (χ4v) is 4.61. The molecule has 0 radical (unpaired) electrons. The Morgan fingerprint density at radius 2 is 1.93 bits per heavy atom. The summed E-state index contributed by atoms with van der Waals surface area (Å²) >= 11 is 0.